The summed E-state index contributed by atoms with van der Waals surface area (Å²) in [6, 6.07) is 0. The van der Waals surface area contributed by atoms with Crippen molar-refractivity contribution < 1.29 is 27.0 Å². The summed E-state index contributed by atoms with van der Waals surface area (Å²) < 4.78 is 43.2. The Morgan fingerprint density at radius 1 is 0.441 bits per heavy atom. The van der Waals surface area contributed by atoms with E-state index in [1.165, 1.54) is 232 Å². The molecule has 0 aromatic carbocycles. The lowest BCUT2D eigenvalue weighted by atomic mass is 10.0. The molecule has 2 aliphatic heterocycles. The molecule has 0 saturated carbocycles. The Morgan fingerprint density at radius 3 is 0.915 bits per heavy atom. The fourth-order valence-electron chi connectivity index (χ4n) is 8.18. The third-order valence-corrected chi connectivity index (χ3v) is 12.1. The van der Waals surface area contributed by atoms with Crippen LogP contribution in [0.25, 0.3) is 0 Å². The van der Waals surface area contributed by atoms with Gasteiger partial charge in [0.05, 0.1) is 25.4 Å². The molecular weight excluding hydrogens is 761 g/mol. The molecule has 10 nitrogen and oxygen atoms in total. The largest absolute Gasteiger partial charge is 0.394 e. The molecule has 0 aromatic rings. The van der Waals surface area contributed by atoms with Gasteiger partial charge in [0.15, 0.2) is 0 Å². The van der Waals surface area contributed by atoms with Crippen LogP contribution in [0.2, 0.25) is 0 Å². The molecule has 0 aromatic heterocycles. The van der Waals surface area contributed by atoms with Crippen molar-refractivity contribution in [2.45, 2.75) is 233 Å². The van der Waals surface area contributed by atoms with E-state index >= 15 is 0 Å². The van der Waals surface area contributed by atoms with Crippen LogP contribution in [0, 0.1) is 0 Å². The molecule has 2 atom stereocenters. The normalized spacial score (nSPS) is 17.2. The van der Waals surface area contributed by atoms with Gasteiger partial charge >= 0.3 is 10.4 Å². The summed E-state index contributed by atoms with van der Waals surface area (Å²) in [6.45, 7) is 22.4. The quantitative estimate of drug-likeness (QED) is 0.0352. The summed E-state index contributed by atoms with van der Waals surface area (Å²) in [7, 11) is -4.67. The van der Waals surface area contributed by atoms with E-state index < -0.39 is 10.4 Å². The highest BCUT2D eigenvalue weighted by atomic mass is 32.3. The fourth-order valence-corrected chi connectivity index (χ4v) is 8.18. The highest BCUT2D eigenvalue weighted by Gasteiger charge is 2.15. The van der Waals surface area contributed by atoms with Crippen LogP contribution < -0.4 is 10.6 Å². The molecular formula is C48H102N4O6S. The van der Waals surface area contributed by atoms with Crippen molar-refractivity contribution in [3.05, 3.63) is 0 Å². The molecule has 2 fully saturated rings. The second-order valence-electron chi connectivity index (χ2n) is 17.5. The number of ether oxygens (including phenoxy) is 2. The van der Waals surface area contributed by atoms with Crippen molar-refractivity contribution in [1.82, 2.24) is 20.4 Å². The lowest BCUT2D eigenvalue weighted by Gasteiger charge is -2.27. The van der Waals surface area contributed by atoms with Gasteiger partial charge in [0.25, 0.3) is 0 Å². The van der Waals surface area contributed by atoms with Gasteiger partial charge in [-0.05, 0) is 51.9 Å². The number of unbranched alkanes of at least 4 members (excludes halogenated alkanes) is 26. The smallest absolute Gasteiger partial charge is 0.376 e. The number of hydrogen-bond acceptors (Lipinski definition) is 8. The van der Waals surface area contributed by atoms with Gasteiger partial charge in [-0.25, -0.2) is 0 Å². The molecule has 4 N–H and O–H groups in total. The Hall–Kier alpha value is -0.370. The highest BCUT2D eigenvalue weighted by Crippen LogP contribution is 2.15. The van der Waals surface area contributed by atoms with Crippen molar-refractivity contribution >= 4 is 10.4 Å². The van der Waals surface area contributed by atoms with Gasteiger partial charge in [-0.2, -0.15) is 8.42 Å². The van der Waals surface area contributed by atoms with Gasteiger partial charge < -0.3 is 29.9 Å². The average molecular weight is 863 g/mol. The molecule has 2 aliphatic rings. The van der Waals surface area contributed by atoms with Gasteiger partial charge in [-0.1, -0.05) is 195 Å². The molecule has 2 rings (SSSR count). The summed E-state index contributed by atoms with van der Waals surface area (Å²) in [5.74, 6) is 0. The Bertz CT molecular complexity index is 855. The van der Waals surface area contributed by atoms with E-state index in [1.807, 2.05) is 0 Å². The molecule has 0 radical (unpaired) electrons. The molecule has 0 amide bonds. The van der Waals surface area contributed by atoms with E-state index in [1.54, 1.807) is 0 Å². The van der Waals surface area contributed by atoms with Crippen molar-refractivity contribution in [2.24, 2.45) is 0 Å². The number of nitrogens with zero attached hydrogens (tertiary/aromatic N) is 2. The van der Waals surface area contributed by atoms with Crippen molar-refractivity contribution in [3.63, 3.8) is 0 Å². The minimum Gasteiger partial charge on any atom is -0.376 e. The second kappa shape index (κ2) is 45.6. The molecule has 356 valence electrons. The average Bonchev–Trinajstić information content (AvgIpc) is 3.23. The summed E-state index contributed by atoms with van der Waals surface area (Å²) >= 11 is 0. The molecule has 2 unspecified atom stereocenters. The highest BCUT2D eigenvalue weighted by molar-refractivity contribution is 7.79. The number of hydrogen-bond donors (Lipinski definition) is 4. The maximum Gasteiger partial charge on any atom is 0.394 e. The maximum absolute atomic E-state index is 8.74. The molecule has 0 aliphatic carbocycles. The summed E-state index contributed by atoms with van der Waals surface area (Å²) in [6.07, 6.45) is 43.6. The van der Waals surface area contributed by atoms with Crippen LogP contribution in [-0.4, -0.2) is 118 Å². The first-order valence-electron chi connectivity index (χ1n) is 25.5. The van der Waals surface area contributed by atoms with Gasteiger partial charge in [0, 0.05) is 39.3 Å². The number of morpholine rings is 2. The van der Waals surface area contributed by atoms with E-state index in [4.69, 9.17) is 27.0 Å². The van der Waals surface area contributed by atoms with Crippen LogP contribution in [0.15, 0.2) is 0 Å². The zero-order valence-corrected chi connectivity index (χ0v) is 40.5. The van der Waals surface area contributed by atoms with Crippen LogP contribution in [0.1, 0.15) is 220 Å². The molecule has 0 bridgehead atoms. The molecule has 11 heteroatoms. The van der Waals surface area contributed by atoms with Gasteiger partial charge in [-0.3, -0.25) is 9.11 Å². The SMILES string of the molecule is CCCCCCCCCCCCCCCCN(CC)CCC1CNCCO1.CCCCCCCCCCCCCCCCN(CC)CCC1CNCCO1.O=S(=O)(O)O. The first kappa shape index (κ1) is 58.6. The van der Waals surface area contributed by atoms with E-state index in [0.29, 0.717) is 12.2 Å². The minimum absolute atomic E-state index is 0.434. The molecule has 2 saturated heterocycles. The first-order chi connectivity index (χ1) is 28.7. The third-order valence-electron chi connectivity index (χ3n) is 12.1. The monoisotopic (exact) mass is 863 g/mol. The Kier molecular flexibility index (Phi) is 45.4. The lowest BCUT2D eigenvalue weighted by molar-refractivity contribution is 0.0175. The summed E-state index contributed by atoms with van der Waals surface area (Å²) in [4.78, 5) is 5.22. The van der Waals surface area contributed by atoms with E-state index in [9.17, 15) is 0 Å². The Balaban J connectivity index is 0.00000102. The first-order valence-corrected chi connectivity index (χ1v) is 26.9. The minimum atomic E-state index is -4.67. The van der Waals surface area contributed by atoms with Gasteiger partial charge in [0.1, 0.15) is 0 Å². The van der Waals surface area contributed by atoms with Gasteiger partial charge in [0.2, 0.25) is 0 Å². The molecule has 59 heavy (non-hydrogen) atoms. The van der Waals surface area contributed by atoms with Gasteiger partial charge in [-0.15, -0.1) is 0 Å². The van der Waals surface area contributed by atoms with Crippen molar-refractivity contribution in [1.29, 1.82) is 0 Å². The predicted octanol–water partition coefficient (Wildman–Crippen LogP) is 11.7. The van der Waals surface area contributed by atoms with Crippen LogP contribution >= 0.6 is 0 Å². The predicted molar refractivity (Wildman–Crippen MR) is 253 cm³/mol. The van der Waals surface area contributed by atoms with Crippen LogP contribution in [0.5, 0.6) is 0 Å². The van der Waals surface area contributed by atoms with Crippen molar-refractivity contribution in [3.8, 4) is 0 Å². The lowest BCUT2D eigenvalue weighted by Crippen LogP contribution is -2.40. The number of nitrogens with one attached hydrogen (secondary N) is 2. The Labute approximate surface area is 367 Å². The standard InChI is InChI=1S/2C24H50N2O.H2O4S/c2*1-3-5-6-7-8-9-10-11-12-13-14-15-16-17-20-26(4-2)21-18-24-23-25-19-22-27-24;1-5(2,3)4/h2*24-25H,3-23H2,1-2H3;(H2,1,2,3,4). The van der Waals surface area contributed by atoms with E-state index in [-0.39, 0.29) is 0 Å². The zero-order chi connectivity index (χ0) is 43.3. The third kappa shape index (κ3) is 47.0. The zero-order valence-electron chi connectivity index (χ0n) is 39.7. The van der Waals surface area contributed by atoms with Crippen LogP contribution in [0.4, 0.5) is 0 Å². The Morgan fingerprint density at radius 2 is 0.695 bits per heavy atom. The van der Waals surface area contributed by atoms with Crippen molar-refractivity contribution in [2.75, 3.05) is 78.7 Å². The van der Waals surface area contributed by atoms with Crippen LogP contribution in [0.3, 0.4) is 0 Å². The topological polar surface area (TPSA) is 124 Å². The molecule has 0 spiro atoms. The maximum atomic E-state index is 8.74. The van der Waals surface area contributed by atoms with Crippen LogP contribution in [-0.2, 0) is 19.9 Å². The second-order valence-corrected chi connectivity index (χ2v) is 18.4. The van der Waals surface area contributed by atoms with E-state index in [2.05, 4.69) is 48.1 Å². The summed E-state index contributed by atoms with van der Waals surface area (Å²) in [5.41, 5.74) is 0. The number of rotatable bonds is 38. The molecule has 2 heterocycles. The fraction of sp³-hybridized carbons (Fsp3) is 1.00. The van der Waals surface area contributed by atoms with E-state index in [0.717, 1.165) is 39.4 Å². The summed E-state index contributed by atoms with van der Waals surface area (Å²) in [5, 5.41) is 6.86.